The minimum atomic E-state index is -0.473. The summed E-state index contributed by atoms with van der Waals surface area (Å²) in [6, 6.07) is 2.74. The molecule has 6 nitrogen and oxygen atoms in total. The highest BCUT2D eigenvalue weighted by Gasteiger charge is 2.40. The van der Waals surface area contributed by atoms with Gasteiger partial charge >= 0.3 is 0 Å². The lowest BCUT2D eigenvalue weighted by Crippen LogP contribution is -2.46. The molecular formula is C9H16N6. The van der Waals surface area contributed by atoms with Gasteiger partial charge in [-0.2, -0.15) is 5.26 Å². The molecule has 15 heavy (non-hydrogen) atoms. The topological polar surface area (TPSA) is 87.8 Å². The van der Waals surface area contributed by atoms with E-state index in [-0.39, 0.29) is 0 Å². The zero-order valence-corrected chi connectivity index (χ0v) is 9.14. The molecule has 1 heterocycles. The second-order valence-electron chi connectivity index (χ2n) is 4.04. The molecule has 0 bridgehead atoms. The summed E-state index contributed by atoms with van der Waals surface area (Å²) >= 11 is 0. The van der Waals surface area contributed by atoms with Crippen molar-refractivity contribution in [2.75, 3.05) is 26.7 Å². The van der Waals surface area contributed by atoms with E-state index in [0.717, 1.165) is 13.0 Å². The van der Waals surface area contributed by atoms with Crippen molar-refractivity contribution in [2.24, 2.45) is 5.11 Å². The Morgan fingerprint density at radius 2 is 2.53 bits per heavy atom. The van der Waals surface area contributed by atoms with E-state index in [1.807, 2.05) is 7.05 Å². The summed E-state index contributed by atoms with van der Waals surface area (Å²) in [5.74, 6) is 0. The first kappa shape index (κ1) is 11.8. The molecule has 1 aliphatic rings. The molecule has 0 spiro atoms. The van der Waals surface area contributed by atoms with Gasteiger partial charge in [0.15, 0.2) is 0 Å². The molecule has 6 heteroatoms. The zero-order chi connectivity index (χ0) is 11.3. The van der Waals surface area contributed by atoms with Crippen LogP contribution in [0.5, 0.6) is 0 Å². The Morgan fingerprint density at radius 1 is 1.80 bits per heavy atom. The van der Waals surface area contributed by atoms with Gasteiger partial charge in [-0.25, -0.2) is 0 Å². The first-order valence-corrected chi connectivity index (χ1v) is 5.01. The Kier molecular flexibility index (Phi) is 3.92. The fourth-order valence-corrected chi connectivity index (χ4v) is 1.94. The Hall–Kier alpha value is -1.28. The Bertz CT molecular complexity index is 290. The van der Waals surface area contributed by atoms with Crippen LogP contribution in [0, 0.1) is 11.3 Å². The standard InChI is InChI=1S/C9H16N6/c1-8-5-9(6-10,7-15(8)2)12-3-4-13-14-11/h8,12H,3-5,7H2,1-2H3. The predicted molar refractivity (Wildman–Crippen MR) is 57.1 cm³/mol. The summed E-state index contributed by atoms with van der Waals surface area (Å²) in [5, 5.41) is 15.8. The van der Waals surface area contributed by atoms with Gasteiger partial charge in [0.25, 0.3) is 0 Å². The minimum absolute atomic E-state index is 0.387. The average molecular weight is 208 g/mol. The van der Waals surface area contributed by atoms with Crippen molar-refractivity contribution in [2.45, 2.75) is 24.9 Å². The number of nitrogens with zero attached hydrogens (tertiary/aromatic N) is 5. The van der Waals surface area contributed by atoms with E-state index in [2.05, 4.69) is 33.2 Å². The molecule has 0 aliphatic carbocycles. The van der Waals surface area contributed by atoms with E-state index in [4.69, 9.17) is 10.8 Å². The largest absolute Gasteiger partial charge is 0.301 e. The minimum Gasteiger partial charge on any atom is -0.301 e. The van der Waals surface area contributed by atoms with Crippen LogP contribution in [0.3, 0.4) is 0 Å². The molecule has 0 radical (unpaired) electrons. The summed E-state index contributed by atoms with van der Waals surface area (Å²) < 4.78 is 0. The van der Waals surface area contributed by atoms with Crippen LogP contribution in [-0.2, 0) is 0 Å². The number of azide groups is 1. The molecule has 0 amide bonds. The molecule has 2 unspecified atom stereocenters. The number of nitrogens with one attached hydrogen (secondary N) is 1. The Labute approximate surface area is 89.5 Å². The smallest absolute Gasteiger partial charge is 0.121 e. The Balaban J connectivity index is 2.49. The van der Waals surface area contributed by atoms with E-state index < -0.39 is 5.54 Å². The molecule has 82 valence electrons. The van der Waals surface area contributed by atoms with Crippen molar-refractivity contribution >= 4 is 0 Å². The van der Waals surface area contributed by atoms with Crippen molar-refractivity contribution in [1.29, 1.82) is 5.26 Å². The van der Waals surface area contributed by atoms with Crippen LogP contribution in [0.25, 0.3) is 10.4 Å². The van der Waals surface area contributed by atoms with Crippen molar-refractivity contribution in [3.8, 4) is 6.07 Å². The summed E-state index contributed by atoms with van der Waals surface area (Å²) in [4.78, 5) is 4.83. The summed E-state index contributed by atoms with van der Waals surface area (Å²) in [5.41, 5.74) is 7.65. The van der Waals surface area contributed by atoms with E-state index in [9.17, 15) is 0 Å². The maximum Gasteiger partial charge on any atom is 0.121 e. The average Bonchev–Trinajstić information content (AvgIpc) is 2.51. The summed E-state index contributed by atoms with van der Waals surface area (Å²) in [6.07, 6.45) is 0.816. The highest BCUT2D eigenvalue weighted by Crippen LogP contribution is 2.24. The quantitative estimate of drug-likeness (QED) is 0.322. The van der Waals surface area contributed by atoms with E-state index >= 15 is 0 Å². The van der Waals surface area contributed by atoms with Crippen LogP contribution >= 0.6 is 0 Å². The van der Waals surface area contributed by atoms with Crippen LogP contribution in [0.4, 0.5) is 0 Å². The van der Waals surface area contributed by atoms with E-state index in [1.54, 1.807) is 0 Å². The van der Waals surface area contributed by atoms with Crippen molar-refractivity contribution < 1.29 is 0 Å². The van der Waals surface area contributed by atoms with Crippen LogP contribution < -0.4 is 5.32 Å². The van der Waals surface area contributed by atoms with Crippen LogP contribution in [0.2, 0.25) is 0 Å². The third-order valence-electron chi connectivity index (χ3n) is 2.87. The summed E-state index contributed by atoms with van der Waals surface area (Å²) in [6.45, 7) is 3.77. The van der Waals surface area contributed by atoms with Crippen LogP contribution in [0.1, 0.15) is 13.3 Å². The lowest BCUT2D eigenvalue weighted by Gasteiger charge is -2.21. The zero-order valence-electron chi connectivity index (χ0n) is 9.14. The fourth-order valence-electron chi connectivity index (χ4n) is 1.94. The number of hydrogen-bond donors (Lipinski definition) is 1. The molecule has 0 aromatic carbocycles. The molecular weight excluding hydrogens is 192 g/mol. The maximum atomic E-state index is 9.17. The van der Waals surface area contributed by atoms with Gasteiger partial charge in [0.05, 0.1) is 6.07 Å². The van der Waals surface area contributed by atoms with Crippen LogP contribution in [0.15, 0.2) is 5.11 Å². The highest BCUT2D eigenvalue weighted by molar-refractivity contribution is 5.14. The molecule has 1 N–H and O–H groups in total. The molecule has 0 saturated carbocycles. The predicted octanol–water partition coefficient (Wildman–Crippen LogP) is 0.873. The number of nitriles is 1. The van der Waals surface area contributed by atoms with Crippen molar-refractivity contribution in [1.82, 2.24) is 10.2 Å². The van der Waals surface area contributed by atoms with Crippen molar-refractivity contribution in [3.05, 3.63) is 10.4 Å². The number of likely N-dealkylation sites (N-methyl/N-ethyl adjacent to an activating group) is 1. The van der Waals surface area contributed by atoms with Gasteiger partial charge in [-0.3, -0.25) is 5.32 Å². The fraction of sp³-hybridized carbons (Fsp3) is 0.889. The number of rotatable bonds is 4. The third kappa shape index (κ3) is 2.83. The van der Waals surface area contributed by atoms with Crippen LogP contribution in [-0.4, -0.2) is 43.2 Å². The SMILES string of the molecule is CC1CC(C#N)(NCCN=[N+]=[N-])CN1C. The highest BCUT2D eigenvalue weighted by atomic mass is 15.2. The Morgan fingerprint density at radius 3 is 3.00 bits per heavy atom. The number of likely N-dealkylation sites (tertiary alicyclic amines) is 1. The van der Waals surface area contributed by atoms with Gasteiger partial charge in [0, 0.05) is 30.6 Å². The van der Waals surface area contributed by atoms with Gasteiger partial charge in [0.1, 0.15) is 5.54 Å². The second-order valence-corrected chi connectivity index (χ2v) is 4.04. The lowest BCUT2D eigenvalue weighted by atomic mass is 9.98. The third-order valence-corrected chi connectivity index (χ3v) is 2.87. The molecule has 1 saturated heterocycles. The molecule has 0 aromatic rings. The first-order chi connectivity index (χ1) is 7.13. The maximum absolute atomic E-state index is 9.17. The van der Waals surface area contributed by atoms with Gasteiger partial charge < -0.3 is 4.90 Å². The first-order valence-electron chi connectivity index (χ1n) is 5.01. The molecule has 1 fully saturated rings. The van der Waals surface area contributed by atoms with Gasteiger partial charge in [0.2, 0.25) is 0 Å². The van der Waals surface area contributed by atoms with E-state index in [1.165, 1.54) is 0 Å². The second kappa shape index (κ2) is 4.99. The van der Waals surface area contributed by atoms with E-state index in [0.29, 0.717) is 19.1 Å². The lowest BCUT2D eigenvalue weighted by molar-refractivity contribution is 0.319. The van der Waals surface area contributed by atoms with Gasteiger partial charge in [-0.05, 0) is 25.9 Å². The van der Waals surface area contributed by atoms with Gasteiger partial charge in [-0.1, -0.05) is 5.11 Å². The molecule has 1 rings (SSSR count). The molecule has 2 atom stereocenters. The van der Waals surface area contributed by atoms with Gasteiger partial charge in [-0.15, -0.1) is 0 Å². The molecule has 0 aromatic heterocycles. The molecule has 1 aliphatic heterocycles. The number of hydrogen-bond acceptors (Lipinski definition) is 4. The normalized spacial score (nSPS) is 30.9. The monoisotopic (exact) mass is 208 g/mol. The summed E-state index contributed by atoms with van der Waals surface area (Å²) in [7, 11) is 2.01. The van der Waals surface area contributed by atoms with Crippen molar-refractivity contribution in [3.63, 3.8) is 0 Å².